The van der Waals surface area contributed by atoms with Crippen molar-refractivity contribution in [2.45, 2.75) is 13.3 Å². The molecule has 0 aliphatic heterocycles. The number of aryl methyl sites for hydroxylation is 1. The molecule has 0 fully saturated rings. The second-order valence-electron chi connectivity index (χ2n) is 3.81. The fraction of sp³-hybridized carbons (Fsp3) is 0.167. The van der Waals surface area contributed by atoms with Gasteiger partial charge in [0.2, 0.25) is 0 Å². The molecule has 1 aromatic heterocycles. The molecule has 0 unspecified atom stereocenters. The van der Waals surface area contributed by atoms with Crippen molar-refractivity contribution < 1.29 is 4.79 Å². The molecule has 2 aromatic rings. The van der Waals surface area contributed by atoms with Gasteiger partial charge >= 0.3 is 0 Å². The summed E-state index contributed by atoms with van der Waals surface area (Å²) in [5.74, 6) is 0.414. The van der Waals surface area contributed by atoms with Crippen LogP contribution in [0, 0.1) is 0 Å². The summed E-state index contributed by atoms with van der Waals surface area (Å²) in [4.78, 5) is 12.0. The minimum absolute atomic E-state index is 0.215. The van der Waals surface area contributed by atoms with Crippen molar-refractivity contribution in [3.8, 4) is 0 Å². The van der Waals surface area contributed by atoms with Gasteiger partial charge in [-0.15, -0.1) is 0 Å². The second kappa shape index (κ2) is 5.22. The van der Waals surface area contributed by atoms with Crippen LogP contribution in [0.2, 0.25) is 0 Å². The lowest BCUT2D eigenvalue weighted by Crippen LogP contribution is -2.13. The van der Waals surface area contributed by atoms with Gasteiger partial charge in [-0.25, -0.2) is 0 Å². The van der Waals surface area contributed by atoms with Crippen LogP contribution < -0.4 is 11.1 Å². The highest BCUT2D eigenvalue weighted by Crippen LogP contribution is 2.21. The molecule has 0 saturated heterocycles. The lowest BCUT2D eigenvalue weighted by molar-refractivity contribution is 0.102. The Morgan fingerprint density at radius 2 is 2.33 bits per heavy atom. The van der Waals surface area contributed by atoms with Crippen LogP contribution in [-0.2, 0) is 6.42 Å². The number of carbonyl (C=O) groups excluding carboxylic acids is 1. The van der Waals surface area contributed by atoms with Gasteiger partial charge in [-0.2, -0.15) is 5.10 Å². The van der Waals surface area contributed by atoms with Gasteiger partial charge in [-0.05, 0) is 40.5 Å². The van der Waals surface area contributed by atoms with E-state index in [2.05, 4.69) is 31.4 Å². The quantitative estimate of drug-likeness (QED) is 0.762. The predicted octanol–water partition coefficient (Wildman–Crippen LogP) is 2.57. The average molecular weight is 309 g/mol. The number of nitrogens with zero attached hydrogens (tertiary/aromatic N) is 1. The molecular weight excluding hydrogens is 296 g/mol. The Bertz CT molecular complexity index is 579. The molecule has 0 radical (unpaired) electrons. The zero-order valence-corrected chi connectivity index (χ0v) is 11.4. The van der Waals surface area contributed by atoms with Gasteiger partial charge in [0.1, 0.15) is 5.82 Å². The van der Waals surface area contributed by atoms with Crippen molar-refractivity contribution in [3.63, 3.8) is 0 Å². The number of nitrogen functional groups attached to an aromatic ring is 1. The number of hydrogen-bond donors (Lipinski definition) is 3. The first-order valence-electron chi connectivity index (χ1n) is 5.50. The summed E-state index contributed by atoms with van der Waals surface area (Å²) in [6, 6.07) is 5.08. The van der Waals surface area contributed by atoms with Crippen LogP contribution >= 0.6 is 15.9 Å². The Morgan fingerprint density at radius 3 is 3.00 bits per heavy atom. The predicted molar refractivity (Wildman–Crippen MR) is 74.5 cm³/mol. The first-order chi connectivity index (χ1) is 8.61. The average Bonchev–Trinajstić information content (AvgIpc) is 2.79. The topological polar surface area (TPSA) is 83.8 Å². The third-order valence-electron chi connectivity index (χ3n) is 2.60. The minimum atomic E-state index is -0.215. The summed E-state index contributed by atoms with van der Waals surface area (Å²) in [6.45, 7) is 2.00. The van der Waals surface area contributed by atoms with Crippen LogP contribution in [0.4, 0.5) is 11.5 Å². The molecule has 1 amide bonds. The maximum Gasteiger partial charge on any atom is 0.256 e. The minimum Gasteiger partial charge on any atom is -0.398 e. The zero-order chi connectivity index (χ0) is 13.1. The lowest BCUT2D eigenvalue weighted by Gasteiger charge is -2.06. The Kier molecular flexibility index (Phi) is 3.66. The molecule has 0 bridgehead atoms. The zero-order valence-electron chi connectivity index (χ0n) is 9.83. The van der Waals surface area contributed by atoms with Crippen molar-refractivity contribution >= 4 is 33.3 Å². The normalized spacial score (nSPS) is 10.3. The molecule has 2 rings (SSSR count). The Balaban J connectivity index is 2.19. The standard InChI is InChI=1S/C12H13BrN4O/c1-2-7-6-15-17-11(7)16-12(18)8-3-4-9(13)10(14)5-8/h3-6H,2,14H2,1H3,(H2,15,16,17,18). The number of benzene rings is 1. The van der Waals surface area contributed by atoms with E-state index in [0.29, 0.717) is 17.1 Å². The molecule has 0 aliphatic carbocycles. The highest BCUT2D eigenvalue weighted by Gasteiger charge is 2.11. The maximum atomic E-state index is 12.0. The van der Waals surface area contributed by atoms with E-state index in [1.54, 1.807) is 24.4 Å². The van der Waals surface area contributed by atoms with Crippen molar-refractivity contribution in [2.75, 3.05) is 11.1 Å². The van der Waals surface area contributed by atoms with Crippen LogP contribution in [-0.4, -0.2) is 16.1 Å². The molecule has 5 nitrogen and oxygen atoms in total. The van der Waals surface area contributed by atoms with Gasteiger partial charge in [-0.3, -0.25) is 9.89 Å². The van der Waals surface area contributed by atoms with E-state index < -0.39 is 0 Å². The Hall–Kier alpha value is -1.82. The Labute approximate surface area is 113 Å². The van der Waals surface area contributed by atoms with E-state index in [-0.39, 0.29) is 5.91 Å². The second-order valence-corrected chi connectivity index (χ2v) is 4.67. The molecule has 0 atom stereocenters. The number of rotatable bonds is 3. The summed E-state index contributed by atoms with van der Waals surface area (Å²) in [6.07, 6.45) is 2.50. The molecule has 1 heterocycles. The Morgan fingerprint density at radius 1 is 1.56 bits per heavy atom. The van der Waals surface area contributed by atoms with Gasteiger partial charge < -0.3 is 11.1 Å². The van der Waals surface area contributed by atoms with Crippen LogP contribution in [0.15, 0.2) is 28.9 Å². The molecule has 4 N–H and O–H groups in total. The van der Waals surface area contributed by atoms with Crippen LogP contribution in [0.25, 0.3) is 0 Å². The van der Waals surface area contributed by atoms with E-state index >= 15 is 0 Å². The number of hydrogen-bond acceptors (Lipinski definition) is 3. The van der Waals surface area contributed by atoms with Crippen molar-refractivity contribution in [2.24, 2.45) is 0 Å². The summed E-state index contributed by atoms with van der Waals surface area (Å²) in [7, 11) is 0. The van der Waals surface area contributed by atoms with Crippen LogP contribution in [0.3, 0.4) is 0 Å². The molecule has 6 heteroatoms. The van der Waals surface area contributed by atoms with E-state index in [0.717, 1.165) is 16.5 Å². The van der Waals surface area contributed by atoms with E-state index in [1.807, 2.05) is 6.92 Å². The SMILES string of the molecule is CCc1cn[nH]c1NC(=O)c1ccc(Br)c(N)c1. The van der Waals surface area contributed by atoms with Crippen molar-refractivity contribution in [1.82, 2.24) is 10.2 Å². The number of aromatic nitrogens is 2. The molecule has 0 spiro atoms. The van der Waals surface area contributed by atoms with Crippen molar-refractivity contribution in [3.05, 3.63) is 40.0 Å². The highest BCUT2D eigenvalue weighted by molar-refractivity contribution is 9.10. The molecule has 0 saturated carbocycles. The summed E-state index contributed by atoms with van der Waals surface area (Å²) >= 11 is 3.29. The number of anilines is 2. The maximum absolute atomic E-state index is 12.0. The van der Waals surface area contributed by atoms with Crippen LogP contribution in [0.1, 0.15) is 22.8 Å². The van der Waals surface area contributed by atoms with Crippen molar-refractivity contribution in [1.29, 1.82) is 0 Å². The summed E-state index contributed by atoms with van der Waals surface area (Å²) in [5, 5.41) is 9.44. The fourth-order valence-electron chi connectivity index (χ4n) is 1.56. The van der Waals surface area contributed by atoms with Gasteiger partial charge in [0, 0.05) is 21.3 Å². The number of nitrogens with one attached hydrogen (secondary N) is 2. The summed E-state index contributed by atoms with van der Waals surface area (Å²) in [5.41, 5.74) is 7.74. The molecule has 94 valence electrons. The number of halogens is 1. The molecule has 0 aliphatic rings. The fourth-order valence-corrected chi connectivity index (χ4v) is 1.80. The van der Waals surface area contributed by atoms with Crippen LogP contribution in [0.5, 0.6) is 0 Å². The lowest BCUT2D eigenvalue weighted by atomic mass is 10.2. The smallest absolute Gasteiger partial charge is 0.256 e. The van der Waals surface area contributed by atoms with E-state index in [4.69, 9.17) is 5.73 Å². The number of H-pyrrole nitrogens is 1. The van der Waals surface area contributed by atoms with E-state index in [9.17, 15) is 4.79 Å². The summed E-state index contributed by atoms with van der Waals surface area (Å²) < 4.78 is 0.773. The highest BCUT2D eigenvalue weighted by atomic mass is 79.9. The van der Waals surface area contributed by atoms with Gasteiger partial charge in [0.25, 0.3) is 5.91 Å². The largest absolute Gasteiger partial charge is 0.398 e. The van der Waals surface area contributed by atoms with Gasteiger partial charge in [0.05, 0.1) is 6.20 Å². The monoisotopic (exact) mass is 308 g/mol. The number of amides is 1. The molecule has 18 heavy (non-hydrogen) atoms. The third-order valence-corrected chi connectivity index (χ3v) is 3.32. The third kappa shape index (κ3) is 2.53. The van der Waals surface area contributed by atoms with Gasteiger partial charge in [0.15, 0.2) is 0 Å². The number of nitrogens with two attached hydrogens (primary N) is 1. The van der Waals surface area contributed by atoms with E-state index in [1.165, 1.54) is 0 Å². The first-order valence-corrected chi connectivity index (χ1v) is 6.29. The first kappa shape index (κ1) is 12.6. The molecule has 1 aromatic carbocycles. The number of carbonyl (C=O) groups is 1. The molecular formula is C12H13BrN4O. The van der Waals surface area contributed by atoms with Gasteiger partial charge in [-0.1, -0.05) is 6.92 Å². The number of aromatic amines is 1.